The zero-order chi connectivity index (χ0) is 20.1. The minimum atomic E-state index is -3.60. The van der Waals surface area contributed by atoms with E-state index in [0.717, 1.165) is 5.46 Å². The summed E-state index contributed by atoms with van der Waals surface area (Å²) < 4.78 is 40.1. The first-order valence-electron chi connectivity index (χ1n) is 9.52. The molecule has 150 valence electrons. The number of rotatable bonds is 4. The molecule has 1 heterocycles. The molecule has 2 aliphatic rings. The topological polar surface area (TPSA) is 84.9 Å². The fourth-order valence-corrected chi connectivity index (χ4v) is 4.73. The van der Waals surface area contributed by atoms with Crippen LogP contribution in [0.5, 0.6) is 0 Å². The first kappa shape index (κ1) is 20.8. The number of hydrogen-bond acceptors (Lipinski definition) is 5. The summed E-state index contributed by atoms with van der Waals surface area (Å²) in [6.45, 7) is 9.73. The number of nitrogens with one attached hydrogen (secondary N) is 1. The van der Waals surface area contributed by atoms with Gasteiger partial charge in [0.2, 0.25) is 10.0 Å². The highest BCUT2D eigenvalue weighted by molar-refractivity contribution is 7.89. The van der Waals surface area contributed by atoms with Crippen LogP contribution < -0.4 is 10.2 Å². The molecule has 2 N–H and O–H groups in total. The van der Waals surface area contributed by atoms with Gasteiger partial charge in [0.05, 0.1) is 21.7 Å². The molecule has 0 unspecified atom stereocenters. The van der Waals surface area contributed by atoms with Gasteiger partial charge < -0.3 is 14.4 Å². The molecule has 0 spiro atoms. The van der Waals surface area contributed by atoms with Crippen LogP contribution in [-0.4, -0.2) is 43.5 Å². The van der Waals surface area contributed by atoms with Crippen molar-refractivity contribution >= 4 is 22.6 Å². The van der Waals surface area contributed by atoms with Crippen molar-refractivity contribution in [2.45, 2.75) is 88.0 Å². The van der Waals surface area contributed by atoms with Crippen LogP contribution in [0.25, 0.3) is 0 Å². The zero-order valence-corrected chi connectivity index (χ0v) is 17.6. The highest BCUT2D eigenvalue weighted by Gasteiger charge is 2.51. The third-order valence-electron chi connectivity index (χ3n) is 6.10. The first-order chi connectivity index (χ1) is 12.3. The maximum absolute atomic E-state index is 12.7. The van der Waals surface area contributed by atoms with Gasteiger partial charge in [-0.2, -0.15) is 0 Å². The predicted molar refractivity (Wildman–Crippen MR) is 105 cm³/mol. The molecule has 1 saturated carbocycles. The van der Waals surface area contributed by atoms with Crippen LogP contribution in [0.1, 0.15) is 60.3 Å². The Balaban J connectivity index is 1.68. The molecule has 0 radical (unpaired) electrons. The molecular formula is C19H30BNO5S. The Hall–Kier alpha value is -0.925. The van der Waals surface area contributed by atoms with Crippen LogP contribution in [0, 0.1) is 0 Å². The molecule has 2 fully saturated rings. The monoisotopic (exact) mass is 395 g/mol. The molecule has 1 aliphatic heterocycles. The Kier molecular flexibility index (Phi) is 5.27. The van der Waals surface area contributed by atoms with Crippen molar-refractivity contribution in [1.82, 2.24) is 4.72 Å². The van der Waals surface area contributed by atoms with Crippen LogP contribution in [0.15, 0.2) is 29.2 Å². The summed E-state index contributed by atoms with van der Waals surface area (Å²) in [6, 6.07) is 6.51. The summed E-state index contributed by atoms with van der Waals surface area (Å²) >= 11 is 0. The lowest BCUT2D eigenvalue weighted by molar-refractivity contribution is 0.00578. The van der Waals surface area contributed by atoms with Crippen LogP contribution in [0.3, 0.4) is 0 Å². The van der Waals surface area contributed by atoms with Gasteiger partial charge in [0.15, 0.2) is 0 Å². The molecule has 1 aliphatic carbocycles. The Morgan fingerprint density at radius 1 is 1.00 bits per heavy atom. The van der Waals surface area contributed by atoms with Crippen LogP contribution >= 0.6 is 0 Å². The average molecular weight is 395 g/mol. The molecular weight excluding hydrogens is 365 g/mol. The van der Waals surface area contributed by atoms with E-state index in [1.807, 2.05) is 27.7 Å². The molecule has 1 saturated heterocycles. The maximum Gasteiger partial charge on any atom is 0.494 e. The fourth-order valence-electron chi connectivity index (χ4n) is 3.43. The van der Waals surface area contributed by atoms with Crippen molar-refractivity contribution in [2.24, 2.45) is 0 Å². The first-order valence-corrected chi connectivity index (χ1v) is 11.0. The van der Waals surface area contributed by atoms with Gasteiger partial charge in [-0.25, -0.2) is 13.1 Å². The second-order valence-corrected chi connectivity index (χ2v) is 10.8. The van der Waals surface area contributed by atoms with E-state index in [4.69, 9.17) is 9.31 Å². The number of hydrogen-bond donors (Lipinski definition) is 2. The van der Waals surface area contributed by atoms with Gasteiger partial charge in [-0.15, -0.1) is 0 Å². The van der Waals surface area contributed by atoms with Crippen molar-refractivity contribution in [1.29, 1.82) is 0 Å². The van der Waals surface area contributed by atoms with Crippen LogP contribution in [-0.2, 0) is 19.3 Å². The van der Waals surface area contributed by atoms with Gasteiger partial charge in [0.25, 0.3) is 0 Å². The summed E-state index contributed by atoms with van der Waals surface area (Å²) in [5.74, 6) is 0. The largest absolute Gasteiger partial charge is 0.494 e. The summed E-state index contributed by atoms with van der Waals surface area (Å²) in [5.41, 5.74) is -0.772. The lowest BCUT2D eigenvalue weighted by Crippen LogP contribution is -2.42. The number of aliphatic hydroxyl groups is 1. The minimum Gasteiger partial charge on any atom is -0.399 e. The molecule has 0 bridgehead atoms. The molecule has 27 heavy (non-hydrogen) atoms. The quantitative estimate of drug-likeness (QED) is 0.762. The maximum atomic E-state index is 12.7. The van der Waals surface area contributed by atoms with Gasteiger partial charge in [-0.1, -0.05) is 12.1 Å². The Labute approximate surface area is 162 Å². The highest BCUT2D eigenvalue weighted by Crippen LogP contribution is 2.36. The van der Waals surface area contributed by atoms with Crippen LogP contribution in [0.4, 0.5) is 0 Å². The van der Waals surface area contributed by atoms with E-state index < -0.39 is 33.9 Å². The molecule has 1 aromatic carbocycles. The molecule has 6 nitrogen and oxygen atoms in total. The van der Waals surface area contributed by atoms with E-state index in [-0.39, 0.29) is 10.9 Å². The van der Waals surface area contributed by atoms with Crippen LogP contribution in [0.2, 0.25) is 0 Å². The van der Waals surface area contributed by atoms with E-state index in [1.165, 1.54) is 0 Å². The second kappa shape index (κ2) is 6.85. The zero-order valence-electron chi connectivity index (χ0n) is 16.8. The van der Waals surface area contributed by atoms with E-state index in [1.54, 1.807) is 31.2 Å². The molecule has 0 aromatic heterocycles. The SMILES string of the molecule is CC1(C)OB(c2ccc(S(=O)(=O)N[C@H]3CC[C@](C)(O)CC3)cc2)OC1(C)C. The van der Waals surface area contributed by atoms with E-state index in [9.17, 15) is 13.5 Å². The lowest BCUT2D eigenvalue weighted by Gasteiger charge is -2.33. The molecule has 0 atom stereocenters. The second-order valence-electron chi connectivity index (χ2n) is 9.05. The summed E-state index contributed by atoms with van der Waals surface area (Å²) in [4.78, 5) is 0.222. The van der Waals surface area contributed by atoms with Crippen molar-refractivity contribution in [2.75, 3.05) is 0 Å². The molecule has 1 aromatic rings. The van der Waals surface area contributed by atoms with E-state index in [0.29, 0.717) is 25.7 Å². The molecule has 8 heteroatoms. The molecule has 0 amide bonds. The minimum absolute atomic E-state index is 0.141. The van der Waals surface area contributed by atoms with E-state index in [2.05, 4.69) is 4.72 Å². The van der Waals surface area contributed by atoms with Crippen molar-refractivity contribution < 1.29 is 22.8 Å². The van der Waals surface area contributed by atoms with Gasteiger partial charge in [-0.3, -0.25) is 0 Å². The van der Waals surface area contributed by atoms with Gasteiger partial charge >= 0.3 is 7.12 Å². The van der Waals surface area contributed by atoms with Crippen molar-refractivity contribution in [3.63, 3.8) is 0 Å². The Morgan fingerprint density at radius 3 is 1.96 bits per heavy atom. The Bertz CT molecular complexity index is 763. The van der Waals surface area contributed by atoms with Gasteiger partial charge in [0, 0.05) is 6.04 Å². The standard InChI is InChI=1S/C19H30BNO5S/c1-17(2)18(3,4)26-20(25-17)14-6-8-16(9-7-14)27(23,24)21-15-10-12-19(5,22)13-11-15/h6-9,15,21-22H,10-13H2,1-5H3/t15-,19-. The number of benzene rings is 1. The number of sulfonamides is 1. The third-order valence-corrected chi connectivity index (χ3v) is 7.64. The van der Waals surface area contributed by atoms with E-state index >= 15 is 0 Å². The van der Waals surface area contributed by atoms with Gasteiger partial charge in [0.1, 0.15) is 0 Å². The molecule has 3 rings (SSSR count). The lowest BCUT2D eigenvalue weighted by atomic mass is 9.79. The van der Waals surface area contributed by atoms with Crippen molar-refractivity contribution in [3.05, 3.63) is 24.3 Å². The third kappa shape index (κ3) is 4.40. The van der Waals surface area contributed by atoms with Crippen molar-refractivity contribution in [3.8, 4) is 0 Å². The Morgan fingerprint density at radius 2 is 1.48 bits per heavy atom. The summed E-state index contributed by atoms with van der Waals surface area (Å²) in [6.07, 6.45) is 2.47. The average Bonchev–Trinajstić information content (AvgIpc) is 2.78. The normalized spacial score (nSPS) is 30.4. The summed E-state index contributed by atoms with van der Waals surface area (Å²) in [7, 11) is -4.11. The summed E-state index contributed by atoms with van der Waals surface area (Å²) in [5, 5.41) is 10.0. The smallest absolute Gasteiger partial charge is 0.399 e. The van der Waals surface area contributed by atoms with Gasteiger partial charge in [-0.05, 0) is 77.9 Å². The highest BCUT2D eigenvalue weighted by atomic mass is 32.2. The predicted octanol–water partition coefficient (Wildman–Crippen LogP) is 1.96. The fraction of sp³-hybridized carbons (Fsp3) is 0.684.